The Morgan fingerprint density at radius 3 is 2.56 bits per heavy atom. The van der Waals surface area contributed by atoms with E-state index in [2.05, 4.69) is 34.3 Å². The van der Waals surface area contributed by atoms with Gasteiger partial charge in [-0.15, -0.1) is 24.0 Å². The van der Waals surface area contributed by atoms with E-state index >= 15 is 0 Å². The van der Waals surface area contributed by atoms with Crippen LogP contribution in [0.15, 0.2) is 53.5 Å². The Morgan fingerprint density at radius 2 is 1.88 bits per heavy atom. The molecule has 0 aliphatic rings. The summed E-state index contributed by atoms with van der Waals surface area (Å²) in [4.78, 5) is 6.48. The molecule has 0 heterocycles. The largest absolute Gasteiger partial charge is 0.370 e. The summed E-state index contributed by atoms with van der Waals surface area (Å²) in [5, 5.41) is 3.11. The van der Waals surface area contributed by atoms with Gasteiger partial charge in [0.2, 0.25) is 0 Å². The van der Waals surface area contributed by atoms with Gasteiger partial charge in [-0.2, -0.15) is 0 Å². The molecule has 2 aromatic carbocycles. The van der Waals surface area contributed by atoms with Crippen LogP contribution in [0.4, 0.5) is 10.1 Å². The van der Waals surface area contributed by atoms with Gasteiger partial charge in [0.25, 0.3) is 0 Å². The minimum absolute atomic E-state index is 0. The van der Waals surface area contributed by atoms with E-state index in [1.165, 1.54) is 17.7 Å². The Balaban J connectivity index is 0.00000312. The Kier molecular flexibility index (Phi) is 9.44. The highest BCUT2D eigenvalue weighted by molar-refractivity contribution is 14.0. The molecule has 0 radical (unpaired) electrons. The Hall–Kier alpha value is -1.67. The summed E-state index contributed by atoms with van der Waals surface area (Å²) in [5.41, 5.74) is 9.22. The molecule has 2 aromatic rings. The summed E-state index contributed by atoms with van der Waals surface area (Å²) < 4.78 is 12.9. The molecule has 2 rings (SSSR count). The van der Waals surface area contributed by atoms with Crippen molar-refractivity contribution in [2.75, 3.05) is 25.5 Å². The number of likely N-dealkylation sites (N-methyl/N-ethyl adjacent to an activating group) is 1. The summed E-state index contributed by atoms with van der Waals surface area (Å²) in [6.07, 6.45) is 0.987. The fourth-order valence-corrected chi connectivity index (χ4v) is 2.38. The van der Waals surface area contributed by atoms with Crippen molar-refractivity contribution >= 4 is 35.6 Å². The molecule has 0 spiro atoms. The molecule has 6 heteroatoms. The van der Waals surface area contributed by atoms with Crippen LogP contribution in [0.2, 0.25) is 0 Å². The molecule has 4 nitrogen and oxygen atoms in total. The number of hydrogen-bond donors (Lipinski definition) is 2. The lowest BCUT2D eigenvalue weighted by Gasteiger charge is -2.15. The Bertz CT molecular complexity index is 673. The first kappa shape index (κ1) is 21.4. The van der Waals surface area contributed by atoms with Gasteiger partial charge in [-0.05, 0) is 48.9 Å². The molecule has 25 heavy (non-hydrogen) atoms. The number of aliphatic imine (C=N–C) groups is 1. The first-order chi connectivity index (χ1) is 11.6. The molecule has 0 saturated heterocycles. The molecule has 0 aliphatic carbocycles. The van der Waals surface area contributed by atoms with E-state index < -0.39 is 0 Å². The van der Waals surface area contributed by atoms with Gasteiger partial charge in [-0.25, -0.2) is 4.39 Å². The highest BCUT2D eigenvalue weighted by atomic mass is 127. The average molecular weight is 456 g/mol. The fraction of sp³-hybridized carbons (Fsp3) is 0.316. The van der Waals surface area contributed by atoms with Crippen LogP contribution in [0.5, 0.6) is 0 Å². The molecular formula is C19H26FIN4. The van der Waals surface area contributed by atoms with Gasteiger partial charge in [0.15, 0.2) is 5.96 Å². The van der Waals surface area contributed by atoms with E-state index in [1.807, 2.05) is 19.2 Å². The summed E-state index contributed by atoms with van der Waals surface area (Å²) in [5.74, 6) is 0.204. The molecule has 3 N–H and O–H groups in total. The number of rotatable bonds is 7. The normalized spacial score (nSPS) is 11.3. The van der Waals surface area contributed by atoms with Crippen LogP contribution >= 0.6 is 24.0 Å². The van der Waals surface area contributed by atoms with Gasteiger partial charge in [0, 0.05) is 18.8 Å². The topological polar surface area (TPSA) is 53.6 Å². The van der Waals surface area contributed by atoms with Crippen molar-refractivity contribution in [1.29, 1.82) is 0 Å². The van der Waals surface area contributed by atoms with Gasteiger partial charge < -0.3 is 16.0 Å². The van der Waals surface area contributed by atoms with Gasteiger partial charge in [-0.3, -0.25) is 4.99 Å². The van der Waals surface area contributed by atoms with Crippen LogP contribution < -0.4 is 11.1 Å². The van der Waals surface area contributed by atoms with Crippen molar-refractivity contribution in [2.24, 2.45) is 10.7 Å². The molecule has 0 bridgehead atoms. The van der Waals surface area contributed by atoms with Gasteiger partial charge in [0.1, 0.15) is 5.82 Å². The van der Waals surface area contributed by atoms with Crippen LogP contribution in [-0.2, 0) is 13.0 Å². The average Bonchev–Trinajstić information content (AvgIpc) is 2.57. The number of halogens is 2. The second kappa shape index (κ2) is 11.0. The van der Waals surface area contributed by atoms with Crippen LogP contribution in [0.1, 0.15) is 18.1 Å². The maximum absolute atomic E-state index is 12.9. The Labute approximate surface area is 166 Å². The first-order valence-corrected chi connectivity index (χ1v) is 8.15. The molecule has 136 valence electrons. The monoisotopic (exact) mass is 456 g/mol. The highest BCUT2D eigenvalue weighted by Gasteiger charge is 2.01. The minimum atomic E-state index is -0.211. The molecule has 0 aromatic heterocycles. The molecule has 0 atom stereocenters. The number of benzene rings is 2. The number of hydrogen-bond acceptors (Lipinski definition) is 2. The molecule has 0 amide bonds. The van der Waals surface area contributed by atoms with Crippen LogP contribution in [0.25, 0.3) is 0 Å². The third kappa shape index (κ3) is 7.83. The van der Waals surface area contributed by atoms with Crippen molar-refractivity contribution < 1.29 is 4.39 Å². The summed E-state index contributed by atoms with van der Waals surface area (Å²) in [6, 6.07) is 14.7. The van der Waals surface area contributed by atoms with Crippen LogP contribution in [0.3, 0.4) is 0 Å². The third-order valence-electron chi connectivity index (χ3n) is 3.74. The van der Waals surface area contributed by atoms with Gasteiger partial charge in [0.05, 0.1) is 6.54 Å². The lowest BCUT2D eigenvalue weighted by molar-refractivity contribution is 0.336. The van der Waals surface area contributed by atoms with Crippen molar-refractivity contribution in [2.45, 2.75) is 19.9 Å². The quantitative estimate of drug-likeness (QED) is 0.378. The second-order valence-electron chi connectivity index (χ2n) is 5.81. The molecule has 0 unspecified atom stereocenters. The van der Waals surface area contributed by atoms with Crippen molar-refractivity contribution in [3.8, 4) is 0 Å². The lowest BCUT2D eigenvalue weighted by atomic mass is 10.1. The van der Waals surface area contributed by atoms with E-state index in [9.17, 15) is 4.39 Å². The first-order valence-electron chi connectivity index (χ1n) is 8.15. The standard InChI is InChI=1S/C19H25FN4.HI/c1-3-15-5-4-6-18(13-15)23-19(21)22-11-12-24(2)14-16-7-9-17(20)10-8-16;/h4-10,13H,3,11-12,14H2,1-2H3,(H3,21,22,23);1H. The minimum Gasteiger partial charge on any atom is -0.370 e. The third-order valence-corrected chi connectivity index (χ3v) is 3.74. The van der Waals surface area contributed by atoms with Crippen LogP contribution in [0, 0.1) is 5.82 Å². The molecule has 0 saturated carbocycles. The smallest absolute Gasteiger partial charge is 0.193 e. The fourth-order valence-electron chi connectivity index (χ4n) is 2.38. The zero-order valence-electron chi connectivity index (χ0n) is 14.7. The second-order valence-corrected chi connectivity index (χ2v) is 5.81. The zero-order chi connectivity index (χ0) is 17.4. The van der Waals surface area contributed by atoms with E-state index in [1.54, 1.807) is 12.1 Å². The number of aryl methyl sites for hydroxylation is 1. The predicted molar refractivity (Wildman–Crippen MR) is 114 cm³/mol. The number of guanidine groups is 1. The summed E-state index contributed by atoms with van der Waals surface area (Å²) in [6.45, 7) is 4.24. The van der Waals surface area contributed by atoms with Gasteiger partial charge in [-0.1, -0.05) is 31.2 Å². The van der Waals surface area contributed by atoms with E-state index in [-0.39, 0.29) is 29.8 Å². The lowest BCUT2D eigenvalue weighted by Crippen LogP contribution is -2.26. The van der Waals surface area contributed by atoms with Crippen molar-refractivity contribution in [3.05, 3.63) is 65.5 Å². The van der Waals surface area contributed by atoms with E-state index in [0.717, 1.165) is 30.8 Å². The number of nitrogens with two attached hydrogens (primary N) is 1. The number of anilines is 1. The number of nitrogens with zero attached hydrogens (tertiary/aromatic N) is 2. The van der Waals surface area contributed by atoms with E-state index in [4.69, 9.17) is 5.73 Å². The van der Waals surface area contributed by atoms with Crippen molar-refractivity contribution in [3.63, 3.8) is 0 Å². The highest BCUT2D eigenvalue weighted by Crippen LogP contribution is 2.10. The Morgan fingerprint density at radius 1 is 1.16 bits per heavy atom. The SMILES string of the molecule is CCc1cccc(NC(N)=NCCN(C)Cc2ccc(F)cc2)c1.I. The van der Waals surface area contributed by atoms with Crippen LogP contribution in [-0.4, -0.2) is 31.0 Å². The van der Waals surface area contributed by atoms with Gasteiger partial charge >= 0.3 is 0 Å². The van der Waals surface area contributed by atoms with Crippen molar-refractivity contribution in [1.82, 2.24) is 4.90 Å². The predicted octanol–water partition coefficient (Wildman–Crippen LogP) is 3.86. The molecular weight excluding hydrogens is 430 g/mol. The number of nitrogens with one attached hydrogen (secondary N) is 1. The maximum atomic E-state index is 12.9. The maximum Gasteiger partial charge on any atom is 0.193 e. The summed E-state index contributed by atoms with van der Waals surface area (Å²) in [7, 11) is 2.01. The molecule has 0 aliphatic heterocycles. The zero-order valence-corrected chi connectivity index (χ0v) is 17.0. The molecule has 0 fully saturated rings. The summed E-state index contributed by atoms with van der Waals surface area (Å²) >= 11 is 0. The van der Waals surface area contributed by atoms with E-state index in [0.29, 0.717) is 12.5 Å².